The molecule has 0 bridgehead atoms. The highest BCUT2D eigenvalue weighted by molar-refractivity contribution is 6.02. The third-order valence-electron chi connectivity index (χ3n) is 2.76. The van der Waals surface area contributed by atoms with Crippen molar-refractivity contribution in [2.75, 3.05) is 14.2 Å². The van der Waals surface area contributed by atoms with Gasteiger partial charge in [-0.25, -0.2) is 0 Å². The topological polar surface area (TPSA) is 21.6 Å². The van der Waals surface area contributed by atoms with Crippen molar-refractivity contribution in [3.05, 3.63) is 29.3 Å². The number of fused-ring (bicyclic) bond motifs is 1. The summed E-state index contributed by atoms with van der Waals surface area (Å²) < 4.78 is 5.22. The van der Waals surface area contributed by atoms with E-state index in [1.807, 2.05) is 13.1 Å². The van der Waals surface area contributed by atoms with Gasteiger partial charge in [-0.3, -0.25) is 4.99 Å². The Morgan fingerprint density at radius 2 is 2.14 bits per heavy atom. The average Bonchev–Trinajstić information content (AvgIpc) is 2.27. The van der Waals surface area contributed by atoms with E-state index in [-0.39, 0.29) is 0 Å². The Morgan fingerprint density at radius 3 is 2.86 bits per heavy atom. The third kappa shape index (κ3) is 1.52. The molecule has 0 aliphatic heterocycles. The van der Waals surface area contributed by atoms with Crippen LogP contribution < -0.4 is 4.74 Å². The van der Waals surface area contributed by atoms with Gasteiger partial charge in [-0.15, -0.1) is 0 Å². The van der Waals surface area contributed by atoms with Crippen molar-refractivity contribution in [2.24, 2.45) is 4.99 Å². The first-order valence-corrected chi connectivity index (χ1v) is 4.98. The van der Waals surface area contributed by atoms with Gasteiger partial charge in [-0.2, -0.15) is 0 Å². The number of aliphatic imine (C=N–C) groups is 1. The van der Waals surface area contributed by atoms with E-state index in [4.69, 9.17) is 4.74 Å². The molecule has 2 rings (SSSR count). The molecule has 1 aromatic carbocycles. The van der Waals surface area contributed by atoms with Gasteiger partial charge in [-0.05, 0) is 37.0 Å². The molecule has 0 unspecified atom stereocenters. The SMILES string of the molecule is C/N=C1/CCCc2ccc(OC)cc21. The summed E-state index contributed by atoms with van der Waals surface area (Å²) in [5.74, 6) is 0.923. The number of methoxy groups -OCH3 is 1. The van der Waals surface area contributed by atoms with Crippen LogP contribution in [0.5, 0.6) is 5.75 Å². The number of rotatable bonds is 1. The quantitative estimate of drug-likeness (QED) is 0.665. The monoisotopic (exact) mass is 189 g/mol. The van der Waals surface area contributed by atoms with Gasteiger partial charge in [0.2, 0.25) is 0 Å². The molecule has 2 heteroatoms. The van der Waals surface area contributed by atoms with Gasteiger partial charge in [-0.1, -0.05) is 6.07 Å². The van der Waals surface area contributed by atoms with Crippen LogP contribution in [-0.4, -0.2) is 19.9 Å². The summed E-state index contributed by atoms with van der Waals surface area (Å²) in [6.07, 6.45) is 3.47. The minimum Gasteiger partial charge on any atom is -0.497 e. The van der Waals surface area contributed by atoms with Gasteiger partial charge < -0.3 is 4.74 Å². The summed E-state index contributed by atoms with van der Waals surface area (Å²) >= 11 is 0. The van der Waals surface area contributed by atoms with Crippen LogP contribution in [0.3, 0.4) is 0 Å². The number of benzene rings is 1. The zero-order valence-corrected chi connectivity index (χ0v) is 8.71. The van der Waals surface area contributed by atoms with Crippen molar-refractivity contribution in [3.8, 4) is 5.75 Å². The number of ether oxygens (including phenoxy) is 1. The van der Waals surface area contributed by atoms with Crippen molar-refractivity contribution in [2.45, 2.75) is 19.3 Å². The van der Waals surface area contributed by atoms with E-state index < -0.39 is 0 Å². The minimum atomic E-state index is 0.923. The molecule has 0 spiro atoms. The van der Waals surface area contributed by atoms with Crippen LogP contribution in [0.4, 0.5) is 0 Å². The second-order valence-corrected chi connectivity index (χ2v) is 3.55. The maximum atomic E-state index is 5.22. The molecule has 0 aromatic heterocycles. The Labute approximate surface area is 84.6 Å². The molecule has 0 heterocycles. The van der Waals surface area contributed by atoms with Crippen LogP contribution >= 0.6 is 0 Å². The van der Waals surface area contributed by atoms with Crippen molar-refractivity contribution in [1.29, 1.82) is 0 Å². The van der Waals surface area contributed by atoms with E-state index in [0.29, 0.717) is 0 Å². The van der Waals surface area contributed by atoms with Crippen LogP contribution in [-0.2, 0) is 6.42 Å². The van der Waals surface area contributed by atoms with E-state index >= 15 is 0 Å². The lowest BCUT2D eigenvalue weighted by Crippen LogP contribution is -2.11. The molecule has 14 heavy (non-hydrogen) atoms. The van der Waals surface area contributed by atoms with Crippen LogP contribution in [0, 0.1) is 0 Å². The Hall–Kier alpha value is -1.31. The second kappa shape index (κ2) is 3.82. The van der Waals surface area contributed by atoms with Crippen molar-refractivity contribution < 1.29 is 4.74 Å². The summed E-state index contributed by atoms with van der Waals surface area (Å²) in [4.78, 5) is 4.33. The largest absolute Gasteiger partial charge is 0.497 e. The predicted molar refractivity (Wildman–Crippen MR) is 58.4 cm³/mol. The van der Waals surface area contributed by atoms with Gasteiger partial charge in [0.1, 0.15) is 5.75 Å². The molecule has 1 aliphatic carbocycles. The van der Waals surface area contributed by atoms with E-state index in [1.165, 1.54) is 29.7 Å². The van der Waals surface area contributed by atoms with Crippen molar-refractivity contribution >= 4 is 5.71 Å². The molecular formula is C12H15NO. The average molecular weight is 189 g/mol. The molecule has 1 aromatic rings. The maximum Gasteiger partial charge on any atom is 0.119 e. The van der Waals surface area contributed by atoms with Crippen LogP contribution in [0.15, 0.2) is 23.2 Å². The molecular weight excluding hydrogens is 174 g/mol. The third-order valence-corrected chi connectivity index (χ3v) is 2.76. The summed E-state index contributed by atoms with van der Waals surface area (Å²) in [5, 5.41) is 0. The lowest BCUT2D eigenvalue weighted by molar-refractivity contribution is 0.414. The molecule has 0 saturated heterocycles. The molecule has 0 amide bonds. The highest BCUT2D eigenvalue weighted by Gasteiger charge is 2.15. The summed E-state index contributed by atoms with van der Waals surface area (Å²) in [7, 11) is 3.57. The lowest BCUT2D eigenvalue weighted by Gasteiger charge is -2.18. The molecule has 0 atom stereocenters. The Bertz CT molecular complexity index is 369. The van der Waals surface area contributed by atoms with Crippen LogP contribution in [0.25, 0.3) is 0 Å². The number of aryl methyl sites for hydroxylation is 1. The van der Waals surface area contributed by atoms with Crippen molar-refractivity contribution in [1.82, 2.24) is 0 Å². The fraction of sp³-hybridized carbons (Fsp3) is 0.417. The highest BCUT2D eigenvalue weighted by Crippen LogP contribution is 2.25. The van der Waals surface area contributed by atoms with Crippen LogP contribution in [0.2, 0.25) is 0 Å². The molecule has 0 fully saturated rings. The van der Waals surface area contributed by atoms with E-state index in [0.717, 1.165) is 12.2 Å². The predicted octanol–water partition coefficient (Wildman–Crippen LogP) is 2.45. The molecule has 1 aliphatic rings. The zero-order chi connectivity index (χ0) is 9.97. The van der Waals surface area contributed by atoms with E-state index in [2.05, 4.69) is 17.1 Å². The Balaban J connectivity index is 2.49. The van der Waals surface area contributed by atoms with Crippen molar-refractivity contribution in [3.63, 3.8) is 0 Å². The highest BCUT2D eigenvalue weighted by atomic mass is 16.5. The number of nitrogens with zero attached hydrogens (tertiary/aromatic N) is 1. The first-order valence-electron chi connectivity index (χ1n) is 4.98. The first-order chi connectivity index (χ1) is 6.85. The van der Waals surface area contributed by atoms with Gasteiger partial charge >= 0.3 is 0 Å². The fourth-order valence-electron chi connectivity index (χ4n) is 1.98. The molecule has 74 valence electrons. The van der Waals surface area contributed by atoms with E-state index in [1.54, 1.807) is 7.11 Å². The normalized spacial score (nSPS) is 18.0. The number of hydrogen-bond donors (Lipinski definition) is 0. The minimum absolute atomic E-state index is 0.923. The maximum absolute atomic E-state index is 5.22. The van der Waals surface area contributed by atoms with Gasteiger partial charge in [0.15, 0.2) is 0 Å². The van der Waals surface area contributed by atoms with Gasteiger partial charge in [0.05, 0.1) is 7.11 Å². The number of hydrogen-bond acceptors (Lipinski definition) is 2. The molecule has 2 nitrogen and oxygen atoms in total. The Kier molecular flexibility index (Phi) is 2.53. The molecule has 0 saturated carbocycles. The smallest absolute Gasteiger partial charge is 0.119 e. The molecule has 0 N–H and O–H groups in total. The summed E-state index contributed by atoms with van der Waals surface area (Å²) in [6, 6.07) is 6.27. The standard InChI is InChI=1S/C12H15NO/c1-13-12-5-3-4-9-6-7-10(14-2)8-11(9)12/h6-8H,3-5H2,1-2H3/b13-12-. The zero-order valence-electron chi connectivity index (χ0n) is 8.71. The second-order valence-electron chi connectivity index (χ2n) is 3.55. The lowest BCUT2D eigenvalue weighted by atomic mass is 9.90. The summed E-state index contributed by atoms with van der Waals surface area (Å²) in [6.45, 7) is 0. The van der Waals surface area contributed by atoms with Gasteiger partial charge in [0, 0.05) is 18.3 Å². The van der Waals surface area contributed by atoms with Gasteiger partial charge in [0.25, 0.3) is 0 Å². The summed E-state index contributed by atoms with van der Waals surface area (Å²) in [5.41, 5.74) is 3.89. The van der Waals surface area contributed by atoms with Crippen LogP contribution in [0.1, 0.15) is 24.0 Å². The first kappa shape index (κ1) is 9.25. The Morgan fingerprint density at radius 1 is 1.29 bits per heavy atom. The molecule has 0 radical (unpaired) electrons. The van der Waals surface area contributed by atoms with E-state index in [9.17, 15) is 0 Å². The fourth-order valence-corrected chi connectivity index (χ4v) is 1.98.